The van der Waals surface area contributed by atoms with Gasteiger partial charge in [0.15, 0.2) is 5.78 Å². The summed E-state index contributed by atoms with van der Waals surface area (Å²) in [6.45, 7) is 13.7. The highest BCUT2D eigenvalue weighted by molar-refractivity contribution is 6.01. The molecule has 4 aliphatic carbocycles. The highest BCUT2D eigenvalue weighted by Crippen LogP contribution is 2.71. The van der Waals surface area contributed by atoms with E-state index in [4.69, 9.17) is 4.74 Å². The van der Waals surface area contributed by atoms with Crippen LogP contribution in [0.5, 0.6) is 0 Å². The van der Waals surface area contributed by atoms with Gasteiger partial charge in [-0.25, -0.2) is 0 Å². The van der Waals surface area contributed by atoms with Gasteiger partial charge in [-0.05, 0) is 48.0 Å². The highest BCUT2D eigenvalue weighted by atomic mass is 16.5. The van der Waals surface area contributed by atoms with E-state index in [0.29, 0.717) is 36.8 Å². The van der Waals surface area contributed by atoms with E-state index >= 15 is 0 Å². The Balaban J connectivity index is 1.71. The zero-order chi connectivity index (χ0) is 28.6. The number of esters is 1. The molecule has 0 heterocycles. The van der Waals surface area contributed by atoms with E-state index in [1.54, 1.807) is 6.92 Å². The number of hydrogen-bond donors (Lipinski definition) is 2. The second kappa shape index (κ2) is 9.36. The number of ketones is 3. The molecule has 0 aromatic carbocycles. The van der Waals surface area contributed by atoms with E-state index in [1.807, 2.05) is 34.6 Å². The summed E-state index contributed by atoms with van der Waals surface area (Å²) < 4.78 is 4.76. The first-order chi connectivity index (χ1) is 17.5. The van der Waals surface area contributed by atoms with Gasteiger partial charge in [-0.15, -0.1) is 0 Å². The molecule has 0 amide bonds. The first-order valence-electron chi connectivity index (χ1n) is 14.2. The second-order valence-corrected chi connectivity index (χ2v) is 14.1. The van der Waals surface area contributed by atoms with Crippen molar-refractivity contribution in [1.29, 1.82) is 0 Å². The van der Waals surface area contributed by atoms with Crippen LogP contribution in [0.3, 0.4) is 0 Å². The van der Waals surface area contributed by atoms with Crippen molar-refractivity contribution in [1.82, 2.24) is 0 Å². The van der Waals surface area contributed by atoms with E-state index in [9.17, 15) is 29.4 Å². The Morgan fingerprint density at radius 2 is 1.66 bits per heavy atom. The molecule has 0 aliphatic heterocycles. The lowest BCUT2D eigenvalue weighted by Crippen LogP contribution is -2.60. The maximum absolute atomic E-state index is 14.1. The van der Waals surface area contributed by atoms with Gasteiger partial charge in [0, 0.05) is 47.5 Å². The number of carbonyl (C=O) groups excluding carboxylic acids is 4. The minimum atomic E-state index is -0.909. The van der Waals surface area contributed by atoms with Gasteiger partial charge < -0.3 is 14.9 Å². The van der Waals surface area contributed by atoms with Crippen LogP contribution in [0.1, 0.15) is 93.4 Å². The molecule has 2 N–H and O–H groups in total. The lowest BCUT2D eigenvalue weighted by molar-refractivity contribution is -0.147. The molecule has 2 saturated carbocycles. The first kappa shape index (κ1) is 29.1. The number of hydrogen-bond acceptors (Lipinski definition) is 7. The van der Waals surface area contributed by atoms with Crippen LogP contribution in [0.2, 0.25) is 0 Å². The Kier molecular flexibility index (Phi) is 7.18. The number of rotatable bonds is 6. The molecule has 0 aromatic rings. The zero-order valence-corrected chi connectivity index (χ0v) is 24.3. The molecule has 4 rings (SSSR count). The van der Waals surface area contributed by atoms with E-state index in [0.717, 1.165) is 0 Å². The first-order valence-corrected chi connectivity index (χ1v) is 14.2. The van der Waals surface area contributed by atoms with Crippen LogP contribution in [0.15, 0.2) is 11.1 Å². The molecule has 0 bridgehead atoms. The van der Waals surface area contributed by atoms with Crippen molar-refractivity contribution in [2.75, 3.05) is 7.11 Å². The maximum Gasteiger partial charge on any atom is 0.308 e. The number of aliphatic hydroxyl groups is 2. The Bertz CT molecular complexity index is 1090. The summed E-state index contributed by atoms with van der Waals surface area (Å²) in [5.41, 5.74) is -1.31. The lowest BCUT2D eigenvalue weighted by Gasteiger charge is -2.61. The summed E-state index contributed by atoms with van der Waals surface area (Å²) in [5.74, 6) is -1.15. The summed E-state index contributed by atoms with van der Waals surface area (Å²) in [4.78, 5) is 51.7. The van der Waals surface area contributed by atoms with Crippen LogP contribution in [-0.2, 0) is 23.9 Å². The summed E-state index contributed by atoms with van der Waals surface area (Å²) >= 11 is 0. The largest absolute Gasteiger partial charge is 0.469 e. The Hall–Kier alpha value is -1.86. The third kappa shape index (κ3) is 3.89. The number of carbonyl (C=O) groups is 4. The van der Waals surface area contributed by atoms with Crippen molar-refractivity contribution in [3.63, 3.8) is 0 Å². The highest BCUT2D eigenvalue weighted by Gasteiger charge is 2.70. The number of allylic oxidation sites excluding steroid dienone is 1. The van der Waals surface area contributed by atoms with Crippen molar-refractivity contribution >= 4 is 23.3 Å². The van der Waals surface area contributed by atoms with Gasteiger partial charge in [0.05, 0.1) is 25.2 Å². The summed E-state index contributed by atoms with van der Waals surface area (Å²) in [5, 5.41) is 23.3. The molecular weight excluding hydrogens is 484 g/mol. The Labute approximate surface area is 226 Å². The number of fused-ring (bicyclic) bond motifs is 4. The Morgan fingerprint density at radius 1 is 1.03 bits per heavy atom. The van der Waals surface area contributed by atoms with Gasteiger partial charge in [0.2, 0.25) is 0 Å². The number of methoxy groups -OCH3 is 1. The van der Waals surface area contributed by atoms with Crippen molar-refractivity contribution < 1.29 is 34.1 Å². The van der Waals surface area contributed by atoms with Crippen LogP contribution in [-0.4, -0.2) is 52.8 Å². The topological polar surface area (TPSA) is 118 Å². The van der Waals surface area contributed by atoms with Crippen molar-refractivity contribution in [2.45, 2.75) is 106 Å². The molecule has 212 valence electrons. The molecule has 2 fully saturated rings. The second-order valence-electron chi connectivity index (χ2n) is 14.1. The average molecular weight is 531 g/mol. The van der Waals surface area contributed by atoms with Gasteiger partial charge in [0.25, 0.3) is 0 Å². The fourth-order valence-corrected chi connectivity index (χ4v) is 9.40. The van der Waals surface area contributed by atoms with Gasteiger partial charge in [-0.3, -0.25) is 19.2 Å². The zero-order valence-electron chi connectivity index (χ0n) is 24.3. The normalized spacial score (nSPS) is 41.6. The van der Waals surface area contributed by atoms with Gasteiger partial charge in [-0.1, -0.05) is 48.5 Å². The lowest BCUT2D eigenvalue weighted by atomic mass is 9.42. The molecule has 7 heteroatoms. The van der Waals surface area contributed by atoms with Crippen molar-refractivity contribution in [3.8, 4) is 0 Å². The summed E-state index contributed by atoms with van der Waals surface area (Å²) in [7, 11) is 1.31. The molecule has 0 spiro atoms. The van der Waals surface area contributed by atoms with Crippen LogP contribution < -0.4 is 0 Å². The SMILES string of the molecule is COC(=O)[C@H](C)CC(=O)C[C@@H](C)[C@H]1C[C@H](O)[C@@]2(C)C3=C(C(=O)C[C@]12C)[C@@]1(C)CCC(=O)C(C)(C)[C@@H]1C[C@H]3O. The number of ether oxygens (including phenoxy) is 1. The smallest absolute Gasteiger partial charge is 0.308 e. The van der Waals surface area contributed by atoms with E-state index < -0.39 is 45.8 Å². The molecular formula is C31H46O7. The molecule has 4 aliphatic rings. The van der Waals surface area contributed by atoms with Crippen molar-refractivity contribution in [2.24, 2.45) is 45.3 Å². The molecule has 0 unspecified atom stereocenters. The number of aliphatic hydroxyl groups excluding tert-OH is 2. The quantitative estimate of drug-likeness (QED) is 0.494. The fraction of sp³-hybridized carbons (Fsp3) is 0.806. The third-order valence-corrected chi connectivity index (χ3v) is 11.8. The van der Waals surface area contributed by atoms with Crippen LogP contribution in [0, 0.1) is 45.3 Å². The fourth-order valence-electron chi connectivity index (χ4n) is 9.40. The molecule has 0 aromatic heterocycles. The molecule has 9 atom stereocenters. The number of Topliss-reactive ketones (excluding diaryl/α,β-unsaturated/α-hetero) is 3. The van der Waals surface area contributed by atoms with Crippen LogP contribution >= 0.6 is 0 Å². The predicted octanol–water partition coefficient (Wildman–Crippen LogP) is 4.22. The van der Waals surface area contributed by atoms with E-state index in [-0.39, 0.29) is 54.4 Å². The van der Waals surface area contributed by atoms with Gasteiger partial charge in [-0.2, -0.15) is 0 Å². The molecule has 0 saturated heterocycles. The third-order valence-electron chi connectivity index (χ3n) is 11.8. The average Bonchev–Trinajstić information content (AvgIpc) is 3.03. The molecule has 0 radical (unpaired) electrons. The summed E-state index contributed by atoms with van der Waals surface area (Å²) in [6, 6.07) is 0. The maximum atomic E-state index is 14.1. The molecule has 7 nitrogen and oxygen atoms in total. The standard InChI is InChI=1S/C31H46O7/c1-16(11-18(32)12-17(2)27(37)38-8)19-13-24(36)31(7)26-20(33)14-22-28(3,4)23(35)9-10-29(22,5)25(26)21(34)15-30(19,31)6/h16-17,19-20,22,24,33,36H,9-15H2,1-8H3/t16-,17-,19-,20-,22+,24+,29+,30-,31+/m1/s1. The van der Waals surface area contributed by atoms with E-state index in [2.05, 4.69) is 6.92 Å². The van der Waals surface area contributed by atoms with Crippen LogP contribution in [0.4, 0.5) is 0 Å². The van der Waals surface area contributed by atoms with Gasteiger partial charge in [0.1, 0.15) is 11.6 Å². The monoisotopic (exact) mass is 530 g/mol. The van der Waals surface area contributed by atoms with Crippen molar-refractivity contribution in [3.05, 3.63) is 11.1 Å². The van der Waals surface area contributed by atoms with Crippen LogP contribution in [0.25, 0.3) is 0 Å². The van der Waals surface area contributed by atoms with Gasteiger partial charge >= 0.3 is 5.97 Å². The Morgan fingerprint density at radius 3 is 2.26 bits per heavy atom. The van der Waals surface area contributed by atoms with E-state index in [1.165, 1.54) is 7.11 Å². The minimum absolute atomic E-state index is 0.00770. The minimum Gasteiger partial charge on any atom is -0.469 e. The summed E-state index contributed by atoms with van der Waals surface area (Å²) in [6.07, 6.45) is 0.728. The molecule has 38 heavy (non-hydrogen) atoms. The predicted molar refractivity (Wildman–Crippen MR) is 142 cm³/mol.